The zero-order chi connectivity index (χ0) is 25.1. The van der Waals surface area contributed by atoms with Crippen molar-refractivity contribution in [1.29, 1.82) is 0 Å². The summed E-state index contributed by atoms with van der Waals surface area (Å²) in [6, 6.07) is 7.33. The van der Waals surface area contributed by atoms with Crippen LogP contribution in [0, 0.1) is 11.7 Å². The van der Waals surface area contributed by atoms with Crippen LogP contribution in [0.5, 0.6) is 0 Å². The van der Waals surface area contributed by atoms with Gasteiger partial charge >= 0.3 is 6.18 Å². The molecule has 3 heterocycles. The van der Waals surface area contributed by atoms with E-state index in [1.54, 1.807) is 12.1 Å². The maximum Gasteiger partial charge on any atom is 0.433 e. The first kappa shape index (κ1) is 25.6. The normalized spacial score (nSPS) is 20.4. The molecule has 0 radical (unpaired) electrons. The average molecular weight is 512 g/mol. The number of ether oxygens (including phenoxy) is 1. The molecular formula is C24H29F4N5OS. The Hall–Kier alpha value is -2.53. The zero-order valence-electron chi connectivity index (χ0n) is 19.5. The third kappa shape index (κ3) is 6.38. The van der Waals surface area contributed by atoms with Crippen molar-refractivity contribution in [2.45, 2.75) is 44.2 Å². The van der Waals surface area contributed by atoms with Crippen molar-refractivity contribution in [2.75, 3.05) is 43.1 Å². The predicted octanol–water partition coefficient (Wildman–Crippen LogP) is 4.91. The number of aromatic nitrogens is 2. The summed E-state index contributed by atoms with van der Waals surface area (Å²) < 4.78 is 59.7. The first-order valence-electron chi connectivity index (χ1n) is 11.7. The summed E-state index contributed by atoms with van der Waals surface area (Å²) in [5, 5.41) is 5.98. The first-order valence-corrected chi connectivity index (χ1v) is 12.2. The number of hydrogen-bond acceptors (Lipinski definition) is 5. The lowest BCUT2D eigenvalue weighted by Crippen LogP contribution is -2.45. The summed E-state index contributed by atoms with van der Waals surface area (Å²) in [4.78, 5) is 9.87. The van der Waals surface area contributed by atoms with Crippen LogP contribution >= 0.6 is 12.2 Å². The monoisotopic (exact) mass is 511 g/mol. The predicted molar refractivity (Wildman–Crippen MR) is 130 cm³/mol. The lowest BCUT2D eigenvalue weighted by molar-refractivity contribution is -0.141. The molecule has 2 aliphatic heterocycles. The van der Waals surface area contributed by atoms with Gasteiger partial charge in [0.1, 0.15) is 11.6 Å². The van der Waals surface area contributed by atoms with Gasteiger partial charge in [-0.05, 0) is 61.5 Å². The molecule has 0 spiro atoms. The number of rotatable bonds is 5. The molecule has 1 atom stereocenters. The Bertz CT molecular complexity index is 1030. The van der Waals surface area contributed by atoms with Crippen LogP contribution in [0.25, 0.3) is 0 Å². The molecule has 2 N–H and O–H groups in total. The Morgan fingerprint density at radius 2 is 1.91 bits per heavy atom. The highest BCUT2D eigenvalue weighted by Gasteiger charge is 2.36. The number of alkyl halides is 3. The van der Waals surface area contributed by atoms with Gasteiger partial charge in [-0.1, -0.05) is 19.1 Å². The Kier molecular flexibility index (Phi) is 7.75. The summed E-state index contributed by atoms with van der Waals surface area (Å²) in [5.41, 5.74) is -0.408. The number of hydrogen-bond donors (Lipinski definition) is 2. The summed E-state index contributed by atoms with van der Waals surface area (Å²) in [6.07, 6.45) is -1.28. The van der Waals surface area contributed by atoms with E-state index in [1.807, 2.05) is 4.90 Å². The molecule has 1 aromatic carbocycles. The second-order valence-electron chi connectivity index (χ2n) is 9.33. The summed E-state index contributed by atoms with van der Waals surface area (Å²) in [7, 11) is 0. The van der Waals surface area contributed by atoms with Gasteiger partial charge in [-0.15, -0.1) is 0 Å². The van der Waals surface area contributed by atoms with Crippen LogP contribution in [-0.4, -0.2) is 47.9 Å². The topological polar surface area (TPSA) is 62.3 Å². The molecular weight excluding hydrogens is 482 g/mol. The molecule has 0 bridgehead atoms. The number of piperidine rings is 1. The van der Waals surface area contributed by atoms with Crippen LogP contribution in [0.3, 0.4) is 0 Å². The van der Waals surface area contributed by atoms with Crippen molar-refractivity contribution in [1.82, 2.24) is 15.3 Å². The van der Waals surface area contributed by atoms with Crippen LogP contribution in [0.2, 0.25) is 0 Å². The Morgan fingerprint density at radius 1 is 1.20 bits per heavy atom. The van der Waals surface area contributed by atoms with Crippen LogP contribution in [0.4, 0.5) is 29.3 Å². The van der Waals surface area contributed by atoms with E-state index in [-0.39, 0.29) is 28.1 Å². The minimum absolute atomic E-state index is 0.121. The van der Waals surface area contributed by atoms with Gasteiger partial charge in [0.25, 0.3) is 0 Å². The zero-order valence-corrected chi connectivity index (χ0v) is 20.3. The van der Waals surface area contributed by atoms with Gasteiger partial charge in [-0.3, -0.25) is 0 Å². The van der Waals surface area contributed by atoms with E-state index in [2.05, 4.69) is 27.5 Å². The van der Waals surface area contributed by atoms with Gasteiger partial charge in [0.15, 0.2) is 10.8 Å². The lowest BCUT2D eigenvalue weighted by Gasteiger charge is -2.38. The molecule has 11 heteroatoms. The van der Waals surface area contributed by atoms with Crippen molar-refractivity contribution >= 4 is 29.1 Å². The molecule has 2 aliphatic rings. The molecule has 0 saturated carbocycles. The highest BCUT2D eigenvalue weighted by Crippen LogP contribution is 2.35. The molecule has 0 amide bonds. The lowest BCUT2D eigenvalue weighted by atomic mass is 9.74. The number of thiocarbonyl (C=S) groups is 1. The number of anilines is 2. The fraction of sp³-hybridized carbons (Fsp3) is 0.542. The molecule has 2 fully saturated rings. The average Bonchev–Trinajstić information content (AvgIpc) is 2.83. The van der Waals surface area contributed by atoms with Crippen molar-refractivity contribution in [3.8, 4) is 0 Å². The van der Waals surface area contributed by atoms with E-state index in [0.717, 1.165) is 24.5 Å². The molecule has 0 aliphatic carbocycles. The van der Waals surface area contributed by atoms with Crippen LogP contribution in [0.1, 0.15) is 43.9 Å². The smallest absolute Gasteiger partial charge is 0.381 e. The van der Waals surface area contributed by atoms with Gasteiger partial charge in [0, 0.05) is 44.3 Å². The summed E-state index contributed by atoms with van der Waals surface area (Å²) in [6.45, 7) is 4.86. The molecule has 1 unspecified atom stereocenters. The van der Waals surface area contributed by atoms with Crippen molar-refractivity contribution in [3.63, 3.8) is 0 Å². The highest BCUT2D eigenvalue weighted by atomic mass is 32.1. The first-order chi connectivity index (χ1) is 16.6. The minimum atomic E-state index is -4.61. The Balaban J connectivity index is 1.50. The second-order valence-corrected chi connectivity index (χ2v) is 9.74. The summed E-state index contributed by atoms with van der Waals surface area (Å²) in [5.74, 6) is 0.0841. The third-order valence-corrected chi connectivity index (χ3v) is 6.95. The number of halogens is 4. The van der Waals surface area contributed by atoms with Gasteiger partial charge in [0.2, 0.25) is 5.95 Å². The van der Waals surface area contributed by atoms with E-state index in [1.165, 1.54) is 12.1 Å². The van der Waals surface area contributed by atoms with Crippen LogP contribution < -0.4 is 15.5 Å². The van der Waals surface area contributed by atoms with Crippen LogP contribution in [-0.2, 0) is 16.3 Å². The maximum absolute atomic E-state index is 13.6. The standard InChI is InChI=1S/C24H29F4N5OS/c1-16-3-2-10-33(14-16)20-13-19(24(26,27)28)30-21(31-20)32-22(35)29-15-23(8-11-34-12-9-23)17-4-6-18(25)7-5-17/h4-7,13,16H,2-3,8-12,14-15H2,1H3,(H2,29,30,31,32,35). The molecule has 35 heavy (non-hydrogen) atoms. The molecule has 1 aromatic heterocycles. The van der Waals surface area contributed by atoms with Crippen molar-refractivity contribution in [3.05, 3.63) is 47.4 Å². The second kappa shape index (κ2) is 10.6. The molecule has 4 rings (SSSR count). The quantitative estimate of drug-likeness (QED) is 0.437. The van der Waals surface area contributed by atoms with Gasteiger partial charge in [-0.25, -0.2) is 9.37 Å². The Morgan fingerprint density at radius 3 is 2.57 bits per heavy atom. The molecule has 2 aromatic rings. The SMILES string of the molecule is CC1CCCN(c2cc(C(F)(F)F)nc(NC(=S)NCC3(c4ccc(F)cc4)CCOCC3)n2)C1. The van der Waals surface area contributed by atoms with Gasteiger partial charge in [0.05, 0.1) is 0 Å². The van der Waals surface area contributed by atoms with Gasteiger partial charge in [-0.2, -0.15) is 18.2 Å². The Labute approximate surface area is 207 Å². The fourth-order valence-electron chi connectivity index (χ4n) is 4.72. The molecule has 6 nitrogen and oxygen atoms in total. The van der Waals surface area contributed by atoms with E-state index in [0.29, 0.717) is 51.6 Å². The maximum atomic E-state index is 13.6. The highest BCUT2D eigenvalue weighted by molar-refractivity contribution is 7.80. The largest absolute Gasteiger partial charge is 0.433 e. The fourth-order valence-corrected chi connectivity index (χ4v) is 4.89. The molecule has 190 valence electrons. The van der Waals surface area contributed by atoms with E-state index >= 15 is 0 Å². The number of nitrogens with one attached hydrogen (secondary N) is 2. The van der Waals surface area contributed by atoms with Gasteiger partial charge < -0.3 is 20.3 Å². The summed E-state index contributed by atoms with van der Waals surface area (Å²) >= 11 is 5.39. The number of nitrogens with zero attached hydrogens (tertiary/aromatic N) is 3. The minimum Gasteiger partial charge on any atom is -0.381 e. The molecule has 2 saturated heterocycles. The van der Waals surface area contributed by atoms with Crippen molar-refractivity contribution < 1.29 is 22.3 Å². The van der Waals surface area contributed by atoms with E-state index < -0.39 is 11.9 Å². The number of benzene rings is 1. The van der Waals surface area contributed by atoms with Crippen LogP contribution in [0.15, 0.2) is 30.3 Å². The van der Waals surface area contributed by atoms with Crippen molar-refractivity contribution in [2.24, 2.45) is 5.92 Å². The third-order valence-electron chi connectivity index (χ3n) is 6.70. The van der Waals surface area contributed by atoms with E-state index in [9.17, 15) is 17.6 Å². The van der Waals surface area contributed by atoms with E-state index in [4.69, 9.17) is 17.0 Å².